The Bertz CT molecular complexity index is 609. The molecule has 0 aliphatic carbocycles. The first-order valence-corrected chi connectivity index (χ1v) is 6.04. The summed E-state index contributed by atoms with van der Waals surface area (Å²) < 4.78 is 45.4. The third-order valence-electron chi connectivity index (χ3n) is 2.61. The van der Waals surface area contributed by atoms with Crippen molar-refractivity contribution >= 4 is 11.6 Å². The number of rotatable bonds is 4. The minimum absolute atomic E-state index is 0.0431. The molecule has 0 unspecified atom stereocenters. The number of hydrogen-bond donors (Lipinski definition) is 1. The summed E-state index contributed by atoms with van der Waals surface area (Å²) in [4.78, 5) is 0. The van der Waals surface area contributed by atoms with Crippen LogP contribution < -0.4 is 4.74 Å². The molecule has 106 valence electrons. The van der Waals surface area contributed by atoms with Gasteiger partial charge in [-0.2, -0.15) is 0 Å². The van der Waals surface area contributed by atoms with Gasteiger partial charge in [0.2, 0.25) is 0 Å². The van der Waals surface area contributed by atoms with Crippen LogP contribution in [0.3, 0.4) is 0 Å². The lowest BCUT2D eigenvalue weighted by molar-refractivity contribution is 0.266. The van der Waals surface area contributed by atoms with Gasteiger partial charge in [0.15, 0.2) is 17.4 Å². The maximum atomic E-state index is 13.6. The average molecular weight is 303 g/mol. The molecule has 0 saturated heterocycles. The van der Waals surface area contributed by atoms with E-state index in [-0.39, 0.29) is 17.2 Å². The number of halogens is 4. The summed E-state index contributed by atoms with van der Waals surface area (Å²) in [6, 6.07) is 5.89. The fourth-order valence-electron chi connectivity index (χ4n) is 1.63. The summed E-state index contributed by atoms with van der Waals surface area (Å²) in [6.45, 7) is -0.684. The maximum Gasteiger partial charge on any atom is 0.191 e. The van der Waals surface area contributed by atoms with Crippen molar-refractivity contribution in [3.63, 3.8) is 0 Å². The van der Waals surface area contributed by atoms with Gasteiger partial charge in [-0.25, -0.2) is 13.2 Å². The zero-order valence-corrected chi connectivity index (χ0v) is 10.9. The van der Waals surface area contributed by atoms with E-state index in [4.69, 9.17) is 21.4 Å². The lowest BCUT2D eigenvalue weighted by atomic mass is 10.2. The Labute approximate surface area is 118 Å². The Kier molecular flexibility index (Phi) is 4.52. The van der Waals surface area contributed by atoms with Gasteiger partial charge in [0, 0.05) is 0 Å². The second kappa shape index (κ2) is 6.15. The highest BCUT2D eigenvalue weighted by atomic mass is 35.5. The third kappa shape index (κ3) is 3.23. The van der Waals surface area contributed by atoms with E-state index in [0.717, 1.165) is 18.2 Å². The predicted octanol–water partition coefficient (Wildman–Crippen LogP) is 3.83. The fraction of sp³-hybridized carbons (Fsp3) is 0.143. The van der Waals surface area contributed by atoms with E-state index < -0.39 is 29.8 Å². The molecule has 2 aromatic rings. The van der Waals surface area contributed by atoms with Crippen LogP contribution in [0.2, 0.25) is 5.02 Å². The quantitative estimate of drug-likeness (QED) is 0.930. The molecular formula is C14H10ClF3O2. The van der Waals surface area contributed by atoms with E-state index in [2.05, 4.69) is 0 Å². The Balaban J connectivity index is 2.16. The van der Waals surface area contributed by atoms with E-state index >= 15 is 0 Å². The van der Waals surface area contributed by atoms with E-state index in [1.807, 2.05) is 0 Å². The van der Waals surface area contributed by atoms with Gasteiger partial charge < -0.3 is 9.84 Å². The molecule has 0 atom stereocenters. The van der Waals surface area contributed by atoms with E-state index in [1.54, 1.807) is 0 Å². The number of benzene rings is 2. The normalized spacial score (nSPS) is 10.7. The summed E-state index contributed by atoms with van der Waals surface area (Å²) in [5.74, 6) is -3.06. The average Bonchev–Trinajstić information content (AvgIpc) is 2.41. The predicted molar refractivity (Wildman–Crippen MR) is 68.0 cm³/mol. The molecule has 0 radical (unpaired) electrons. The van der Waals surface area contributed by atoms with Crippen LogP contribution in [0.25, 0.3) is 0 Å². The monoisotopic (exact) mass is 302 g/mol. The SMILES string of the molecule is OCc1cc(F)c(OCc2ccc(Cl)c(F)c2)c(F)c1. The molecule has 2 rings (SSSR count). The van der Waals surface area contributed by atoms with Crippen molar-refractivity contribution in [2.24, 2.45) is 0 Å². The third-order valence-corrected chi connectivity index (χ3v) is 2.91. The smallest absolute Gasteiger partial charge is 0.191 e. The Morgan fingerprint density at radius 3 is 2.10 bits per heavy atom. The van der Waals surface area contributed by atoms with Crippen molar-refractivity contribution in [3.05, 3.63) is 63.9 Å². The van der Waals surface area contributed by atoms with Gasteiger partial charge in [0.25, 0.3) is 0 Å². The van der Waals surface area contributed by atoms with E-state index in [0.29, 0.717) is 5.56 Å². The van der Waals surface area contributed by atoms with Gasteiger partial charge in [0.1, 0.15) is 12.4 Å². The number of ether oxygens (including phenoxy) is 1. The minimum atomic E-state index is -0.927. The van der Waals surface area contributed by atoms with Crippen LogP contribution in [0.4, 0.5) is 13.2 Å². The van der Waals surface area contributed by atoms with Crippen molar-refractivity contribution in [3.8, 4) is 5.75 Å². The lowest BCUT2D eigenvalue weighted by Gasteiger charge is -2.10. The van der Waals surface area contributed by atoms with Crippen LogP contribution >= 0.6 is 11.6 Å². The van der Waals surface area contributed by atoms with E-state index in [9.17, 15) is 13.2 Å². The molecule has 0 aromatic heterocycles. The topological polar surface area (TPSA) is 29.5 Å². The van der Waals surface area contributed by atoms with Crippen molar-refractivity contribution in [2.45, 2.75) is 13.2 Å². The highest BCUT2D eigenvalue weighted by Crippen LogP contribution is 2.25. The molecule has 0 bridgehead atoms. The molecule has 20 heavy (non-hydrogen) atoms. The minimum Gasteiger partial charge on any atom is -0.483 e. The summed E-state index contributed by atoms with van der Waals surface area (Å²) >= 11 is 5.52. The lowest BCUT2D eigenvalue weighted by Crippen LogP contribution is -2.01. The van der Waals surface area contributed by atoms with Crippen molar-refractivity contribution in [1.82, 2.24) is 0 Å². The van der Waals surface area contributed by atoms with Gasteiger partial charge in [-0.3, -0.25) is 0 Å². The molecule has 0 fully saturated rings. The van der Waals surface area contributed by atoms with Crippen LogP contribution in [0.15, 0.2) is 30.3 Å². The summed E-state index contributed by atoms with van der Waals surface area (Å²) in [5.41, 5.74) is 0.488. The van der Waals surface area contributed by atoms with Crippen molar-refractivity contribution in [1.29, 1.82) is 0 Å². The molecule has 0 aliphatic rings. The number of aliphatic hydroxyl groups excluding tert-OH is 1. The first kappa shape index (κ1) is 14.7. The van der Waals surface area contributed by atoms with Gasteiger partial charge in [-0.05, 0) is 35.4 Å². The zero-order valence-electron chi connectivity index (χ0n) is 10.2. The summed E-state index contributed by atoms with van der Waals surface area (Å²) in [6.07, 6.45) is 0. The zero-order chi connectivity index (χ0) is 14.7. The first-order valence-electron chi connectivity index (χ1n) is 5.66. The highest BCUT2D eigenvalue weighted by molar-refractivity contribution is 6.30. The van der Waals surface area contributed by atoms with Gasteiger partial charge in [-0.15, -0.1) is 0 Å². The molecule has 0 amide bonds. The maximum absolute atomic E-state index is 13.6. The standard InChI is InChI=1S/C14H10ClF3O2/c15-10-2-1-8(3-11(10)16)7-20-14-12(17)4-9(6-19)5-13(14)18/h1-5,19H,6-7H2. The summed E-state index contributed by atoms with van der Waals surface area (Å²) in [7, 11) is 0. The Morgan fingerprint density at radius 1 is 0.950 bits per heavy atom. The highest BCUT2D eigenvalue weighted by Gasteiger charge is 2.13. The van der Waals surface area contributed by atoms with Crippen LogP contribution in [-0.4, -0.2) is 5.11 Å². The van der Waals surface area contributed by atoms with E-state index in [1.165, 1.54) is 12.1 Å². The molecule has 0 spiro atoms. The van der Waals surface area contributed by atoms with Crippen LogP contribution in [0, 0.1) is 17.5 Å². The molecule has 0 heterocycles. The van der Waals surface area contributed by atoms with Gasteiger partial charge >= 0.3 is 0 Å². The Morgan fingerprint density at radius 2 is 1.55 bits per heavy atom. The van der Waals surface area contributed by atoms with Crippen LogP contribution in [0.5, 0.6) is 5.75 Å². The second-order valence-corrected chi connectivity index (χ2v) is 4.49. The largest absolute Gasteiger partial charge is 0.483 e. The van der Waals surface area contributed by atoms with Gasteiger partial charge in [-0.1, -0.05) is 17.7 Å². The molecule has 0 aliphatic heterocycles. The number of hydrogen-bond acceptors (Lipinski definition) is 2. The summed E-state index contributed by atoms with van der Waals surface area (Å²) in [5, 5.41) is 8.77. The van der Waals surface area contributed by atoms with Crippen LogP contribution in [0.1, 0.15) is 11.1 Å². The molecule has 2 nitrogen and oxygen atoms in total. The molecule has 1 N–H and O–H groups in total. The fourth-order valence-corrected chi connectivity index (χ4v) is 1.74. The van der Waals surface area contributed by atoms with Crippen molar-refractivity contribution in [2.75, 3.05) is 0 Å². The molecule has 6 heteroatoms. The van der Waals surface area contributed by atoms with Crippen molar-refractivity contribution < 1.29 is 23.0 Å². The second-order valence-electron chi connectivity index (χ2n) is 4.08. The molecule has 0 saturated carbocycles. The Hall–Kier alpha value is -1.72. The molecular weight excluding hydrogens is 293 g/mol. The van der Waals surface area contributed by atoms with Gasteiger partial charge in [0.05, 0.1) is 11.6 Å². The van der Waals surface area contributed by atoms with Crippen LogP contribution in [-0.2, 0) is 13.2 Å². The number of aliphatic hydroxyl groups is 1. The first-order chi connectivity index (χ1) is 9.51. The molecule has 2 aromatic carbocycles.